The van der Waals surface area contributed by atoms with Crippen molar-refractivity contribution < 1.29 is 29.3 Å². The van der Waals surface area contributed by atoms with Gasteiger partial charge in [0.15, 0.2) is 0 Å². The fraction of sp³-hybridized carbons (Fsp3) is 0.467. The Balaban J connectivity index is 2.61. The lowest BCUT2D eigenvalue weighted by Crippen LogP contribution is -2.25. The van der Waals surface area contributed by atoms with Crippen LogP contribution in [-0.2, 0) is 9.47 Å². The van der Waals surface area contributed by atoms with Gasteiger partial charge in [-0.25, -0.2) is 9.59 Å². The van der Waals surface area contributed by atoms with Gasteiger partial charge in [0.2, 0.25) is 0 Å². The molecule has 0 aliphatic heterocycles. The average molecular weight is 296 g/mol. The number of aliphatic hydroxyl groups is 2. The highest BCUT2D eigenvalue weighted by Crippen LogP contribution is 2.15. The molecule has 116 valence electrons. The van der Waals surface area contributed by atoms with E-state index in [4.69, 9.17) is 19.7 Å². The molecule has 0 heterocycles. The van der Waals surface area contributed by atoms with E-state index in [-0.39, 0.29) is 32.0 Å². The van der Waals surface area contributed by atoms with E-state index in [0.29, 0.717) is 5.56 Å². The number of carbonyl (C=O) groups excluding carboxylic acids is 2. The fourth-order valence-corrected chi connectivity index (χ4v) is 1.35. The van der Waals surface area contributed by atoms with Crippen molar-refractivity contribution in [3.8, 4) is 0 Å². The number of benzene rings is 1. The summed E-state index contributed by atoms with van der Waals surface area (Å²) in [7, 11) is 0. The van der Waals surface area contributed by atoms with Crippen molar-refractivity contribution in [1.82, 2.24) is 0 Å². The second-order valence-corrected chi connectivity index (χ2v) is 5.34. The highest BCUT2D eigenvalue weighted by Gasteiger charge is 2.20. The van der Waals surface area contributed by atoms with E-state index >= 15 is 0 Å². The minimum Gasteiger partial charge on any atom is -0.461 e. The number of rotatable bonds is 7. The van der Waals surface area contributed by atoms with E-state index in [1.807, 2.05) is 0 Å². The molecule has 0 unspecified atom stereocenters. The zero-order valence-corrected chi connectivity index (χ0v) is 12.2. The molecule has 0 bridgehead atoms. The van der Waals surface area contributed by atoms with E-state index in [2.05, 4.69) is 0 Å². The number of aliphatic hydroxyl groups excluding tert-OH is 2. The third-order valence-corrected chi connectivity index (χ3v) is 2.70. The topological polar surface area (TPSA) is 93.1 Å². The Morgan fingerprint density at radius 1 is 1.00 bits per heavy atom. The van der Waals surface area contributed by atoms with Crippen LogP contribution in [0.5, 0.6) is 0 Å². The van der Waals surface area contributed by atoms with Crippen LogP contribution in [0.1, 0.15) is 34.6 Å². The van der Waals surface area contributed by atoms with Crippen LogP contribution in [0.15, 0.2) is 24.3 Å². The van der Waals surface area contributed by atoms with Crippen LogP contribution in [0.25, 0.3) is 0 Å². The third kappa shape index (κ3) is 5.53. The molecule has 0 amide bonds. The summed E-state index contributed by atoms with van der Waals surface area (Å²) in [6.07, 6.45) is 0. The van der Waals surface area contributed by atoms with Crippen LogP contribution >= 0.6 is 0 Å². The molecule has 1 aromatic rings. The van der Waals surface area contributed by atoms with E-state index in [0.717, 1.165) is 0 Å². The Bertz CT molecular complexity index is 477. The first-order valence-corrected chi connectivity index (χ1v) is 6.55. The van der Waals surface area contributed by atoms with Crippen molar-refractivity contribution in [3.63, 3.8) is 0 Å². The molecule has 21 heavy (non-hydrogen) atoms. The number of esters is 2. The lowest BCUT2D eigenvalue weighted by Gasteiger charge is -2.20. The molecule has 0 saturated carbocycles. The molecule has 2 N–H and O–H groups in total. The average Bonchev–Trinajstić information content (AvgIpc) is 2.50. The normalized spacial score (nSPS) is 11.0. The minimum absolute atomic E-state index is 0.0706. The molecule has 6 heteroatoms. The Morgan fingerprint density at radius 2 is 1.48 bits per heavy atom. The largest absolute Gasteiger partial charge is 0.461 e. The summed E-state index contributed by atoms with van der Waals surface area (Å²) in [6, 6.07) is 5.83. The first-order chi connectivity index (χ1) is 9.89. The highest BCUT2D eigenvalue weighted by molar-refractivity contribution is 5.93. The van der Waals surface area contributed by atoms with Crippen molar-refractivity contribution in [1.29, 1.82) is 0 Å². The molecule has 0 spiro atoms. The summed E-state index contributed by atoms with van der Waals surface area (Å²) in [6.45, 7) is 3.26. The zero-order chi connectivity index (χ0) is 15.9. The molecule has 6 nitrogen and oxygen atoms in total. The SMILES string of the molecule is CC(C)(CO)COC(=O)c1ccc(C(=O)OCCO)cc1. The number of hydrogen-bond donors (Lipinski definition) is 2. The maximum atomic E-state index is 11.8. The molecule has 0 saturated heterocycles. The number of hydrogen-bond acceptors (Lipinski definition) is 6. The standard InChI is InChI=1S/C15H20O6/c1-15(2,9-17)10-21-14(19)12-5-3-11(4-6-12)13(18)20-8-7-16/h3-6,16-17H,7-10H2,1-2H3. The van der Waals surface area contributed by atoms with Crippen molar-refractivity contribution in [3.05, 3.63) is 35.4 Å². The lowest BCUT2D eigenvalue weighted by atomic mass is 9.96. The molecule has 0 aliphatic carbocycles. The fourth-order valence-electron chi connectivity index (χ4n) is 1.35. The van der Waals surface area contributed by atoms with Crippen molar-refractivity contribution in [2.45, 2.75) is 13.8 Å². The Hall–Kier alpha value is -1.92. The van der Waals surface area contributed by atoms with Crippen LogP contribution in [-0.4, -0.2) is 48.6 Å². The van der Waals surface area contributed by atoms with Gasteiger partial charge in [0.05, 0.1) is 30.9 Å². The first kappa shape index (κ1) is 17.1. The quantitative estimate of drug-likeness (QED) is 0.729. The van der Waals surface area contributed by atoms with Gasteiger partial charge in [-0.05, 0) is 24.3 Å². The van der Waals surface area contributed by atoms with Crippen molar-refractivity contribution in [2.24, 2.45) is 5.41 Å². The zero-order valence-electron chi connectivity index (χ0n) is 12.2. The molecule has 0 aromatic heterocycles. The highest BCUT2D eigenvalue weighted by atomic mass is 16.5. The van der Waals surface area contributed by atoms with Crippen LogP contribution in [0.2, 0.25) is 0 Å². The van der Waals surface area contributed by atoms with Crippen LogP contribution in [0, 0.1) is 5.41 Å². The van der Waals surface area contributed by atoms with Gasteiger partial charge in [-0.2, -0.15) is 0 Å². The second-order valence-electron chi connectivity index (χ2n) is 5.34. The van der Waals surface area contributed by atoms with Gasteiger partial charge in [0.1, 0.15) is 6.61 Å². The third-order valence-electron chi connectivity index (χ3n) is 2.70. The Kier molecular flexibility index (Phi) is 6.33. The van der Waals surface area contributed by atoms with Gasteiger partial charge in [-0.3, -0.25) is 0 Å². The Labute approximate surface area is 123 Å². The number of ether oxygens (including phenoxy) is 2. The van der Waals surface area contributed by atoms with Crippen molar-refractivity contribution >= 4 is 11.9 Å². The monoisotopic (exact) mass is 296 g/mol. The van der Waals surface area contributed by atoms with Crippen LogP contribution < -0.4 is 0 Å². The molecule has 1 rings (SSSR count). The molecule has 1 aromatic carbocycles. The van der Waals surface area contributed by atoms with Gasteiger partial charge in [0, 0.05) is 5.41 Å². The van der Waals surface area contributed by atoms with Gasteiger partial charge < -0.3 is 19.7 Å². The maximum absolute atomic E-state index is 11.8. The predicted molar refractivity (Wildman–Crippen MR) is 75.0 cm³/mol. The summed E-state index contributed by atoms with van der Waals surface area (Å²) in [5.41, 5.74) is 0.0992. The van der Waals surface area contributed by atoms with E-state index < -0.39 is 17.4 Å². The smallest absolute Gasteiger partial charge is 0.338 e. The van der Waals surface area contributed by atoms with Crippen LogP contribution in [0.4, 0.5) is 0 Å². The van der Waals surface area contributed by atoms with Gasteiger partial charge >= 0.3 is 11.9 Å². The first-order valence-electron chi connectivity index (χ1n) is 6.55. The molecular formula is C15H20O6. The van der Waals surface area contributed by atoms with Gasteiger partial charge in [0.25, 0.3) is 0 Å². The van der Waals surface area contributed by atoms with Crippen molar-refractivity contribution in [2.75, 3.05) is 26.4 Å². The Morgan fingerprint density at radius 3 is 1.90 bits per heavy atom. The van der Waals surface area contributed by atoms with E-state index in [9.17, 15) is 9.59 Å². The molecule has 0 atom stereocenters. The summed E-state index contributed by atoms with van der Waals surface area (Å²) < 4.78 is 9.85. The predicted octanol–water partition coefficient (Wildman–Crippen LogP) is 1.01. The number of carbonyl (C=O) groups is 2. The second kappa shape index (κ2) is 7.75. The summed E-state index contributed by atoms with van der Waals surface area (Å²) >= 11 is 0. The van der Waals surface area contributed by atoms with Gasteiger partial charge in [-0.1, -0.05) is 13.8 Å². The summed E-state index contributed by atoms with van der Waals surface area (Å²) in [4.78, 5) is 23.3. The van der Waals surface area contributed by atoms with E-state index in [1.54, 1.807) is 13.8 Å². The molecular weight excluding hydrogens is 276 g/mol. The summed E-state index contributed by atoms with van der Waals surface area (Å²) in [5.74, 6) is -1.09. The van der Waals surface area contributed by atoms with E-state index in [1.165, 1.54) is 24.3 Å². The van der Waals surface area contributed by atoms with Crippen LogP contribution in [0.3, 0.4) is 0 Å². The molecule has 0 aliphatic rings. The molecule has 0 fully saturated rings. The summed E-state index contributed by atoms with van der Waals surface area (Å²) in [5, 5.41) is 17.7. The maximum Gasteiger partial charge on any atom is 0.338 e. The minimum atomic E-state index is -0.564. The molecule has 0 radical (unpaired) electrons. The lowest BCUT2D eigenvalue weighted by molar-refractivity contribution is 0.0218. The van der Waals surface area contributed by atoms with Gasteiger partial charge in [-0.15, -0.1) is 0 Å².